The maximum absolute atomic E-state index is 5.99. The first-order valence-corrected chi connectivity index (χ1v) is 9.98. The van der Waals surface area contributed by atoms with Crippen LogP contribution in [0.1, 0.15) is 31.4 Å². The summed E-state index contributed by atoms with van der Waals surface area (Å²) in [5.41, 5.74) is 1.19. The molecule has 1 aromatic carbocycles. The van der Waals surface area contributed by atoms with E-state index in [0.717, 1.165) is 18.8 Å². The molecule has 19 heavy (non-hydrogen) atoms. The molecule has 0 aromatic heterocycles. The summed E-state index contributed by atoms with van der Waals surface area (Å²) in [7, 11) is -1.07. The van der Waals surface area contributed by atoms with Gasteiger partial charge in [0, 0.05) is 18.7 Å². The largest absolute Gasteiger partial charge is 0.547 e. The zero-order valence-electron chi connectivity index (χ0n) is 12.2. The molecule has 104 valence electrons. The number of benzene rings is 1. The minimum absolute atomic E-state index is 0.157. The molecule has 4 heteroatoms. The van der Waals surface area contributed by atoms with Gasteiger partial charge in [0.1, 0.15) is 5.75 Å². The fourth-order valence-electron chi connectivity index (χ4n) is 2.32. The van der Waals surface area contributed by atoms with Crippen molar-refractivity contribution in [3.63, 3.8) is 0 Å². The van der Waals surface area contributed by atoms with Crippen molar-refractivity contribution in [2.75, 3.05) is 13.1 Å². The predicted octanol–water partition coefficient (Wildman–Crippen LogP) is 3.23. The smallest absolute Gasteiger partial charge is 0.229 e. The van der Waals surface area contributed by atoms with Gasteiger partial charge in [0.05, 0.1) is 12.4 Å². The highest BCUT2D eigenvalue weighted by atomic mass is 28.3. The van der Waals surface area contributed by atoms with E-state index in [2.05, 4.69) is 48.1 Å². The van der Waals surface area contributed by atoms with E-state index in [-0.39, 0.29) is 6.04 Å². The Morgan fingerprint density at radius 2 is 1.95 bits per heavy atom. The van der Waals surface area contributed by atoms with Crippen molar-refractivity contribution < 1.29 is 4.43 Å². The Morgan fingerprint density at radius 1 is 1.26 bits per heavy atom. The summed E-state index contributed by atoms with van der Waals surface area (Å²) in [4.78, 5) is 6.98. The number of rotatable bonds is 5. The molecule has 3 nitrogen and oxygen atoms in total. The van der Waals surface area contributed by atoms with Gasteiger partial charge in [-0.1, -0.05) is 18.2 Å². The highest BCUT2D eigenvalue weighted by molar-refractivity contribution is 6.49. The Hall–Kier alpha value is -1.29. The standard InChI is InChI=1S/C15H24N2OSi/c1-13(16-12-17-10-6-7-11-17)14-8-4-5-9-15(14)18-19(2)3/h4-5,8-9,12-13,19H,6-7,10-11H2,1-3H3. The molecule has 1 heterocycles. The third-order valence-corrected chi connectivity index (χ3v) is 4.05. The van der Waals surface area contributed by atoms with Crippen molar-refractivity contribution in [3.8, 4) is 5.75 Å². The van der Waals surface area contributed by atoms with Crippen LogP contribution in [-0.2, 0) is 0 Å². The molecule has 0 N–H and O–H groups in total. The van der Waals surface area contributed by atoms with Crippen LogP contribution in [0, 0.1) is 0 Å². The van der Waals surface area contributed by atoms with Crippen LogP contribution in [0.5, 0.6) is 5.75 Å². The van der Waals surface area contributed by atoms with Gasteiger partial charge in [0.2, 0.25) is 9.04 Å². The average molecular weight is 276 g/mol. The summed E-state index contributed by atoms with van der Waals surface area (Å²) in [6.45, 7) is 8.81. The fourth-order valence-corrected chi connectivity index (χ4v) is 3.04. The molecule has 1 aromatic rings. The summed E-state index contributed by atoms with van der Waals surface area (Å²) in [5.74, 6) is 1.01. The van der Waals surface area contributed by atoms with E-state index < -0.39 is 9.04 Å². The minimum Gasteiger partial charge on any atom is -0.547 e. The topological polar surface area (TPSA) is 24.8 Å². The van der Waals surface area contributed by atoms with E-state index in [1.165, 1.54) is 18.4 Å². The second-order valence-corrected chi connectivity index (χ2v) is 7.72. The highest BCUT2D eigenvalue weighted by Gasteiger charge is 2.12. The molecule has 1 atom stereocenters. The molecule has 0 amide bonds. The maximum atomic E-state index is 5.99. The van der Waals surface area contributed by atoms with Crippen molar-refractivity contribution in [1.29, 1.82) is 0 Å². The Kier molecular flexibility index (Phi) is 5.02. The molecule has 1 saturated heterocycles. The third kappa shape index (κ3) is 4.09. The Labute approximate surface area is 118 Å². The molecule has 0 bridgehead atoms. The summed E-state index contributed by atoms with van der Waals surface area (Å²) >= 11 is 0. The first-order valence-electron chi connectivity index (χ1n) is 7.19. The summed E-state index contributed by atoms with van der Waals surface area (Å²) in [6, 6.07) is 8.44. The summed E-state index contributed by atoms with van der Waals surface area (Å²) in [5, 5.41) is 0. The van der Waals surface area contributed by atoms with Crippen LogP contribution in [0.15, 0.2) is 29.3 Å². The highest BCUT2D eigenvalue weighted by Crippen LogP contribution is 2.27. The van der Waals surface area contributed by atoms with E-state index >= 15 is 0 Å². The van der Waals surface area contributed by atoms with E-state index in [1.807, 2.05) is 12.4 Å². The van der Waals surface area contributed by atoms with Crippen molar-refractivity contribution in [2.45, 2.75) is 38.9 Å². The maximum Gasteiger partial charge on any atom is 0.229 e. The van der Waals surface area contributed by atoms with Gasteiger partial charge in [-0.3, -0.25) is 4.99 Å². The lowest BCUT2D eigenvalue weighted by molar-refractivity contribution is 0.527. The molecular weight excluding hydrogens is 252 g/mol. The number of likely N-dealkylation sites (tertiary alicyclic amines) is 1. The van der Waals surface area contributed by atoms with Crippen LogP contribution >= 0.6 is 0 Å². The SMILES string of the molecule is CC(N=CN1CCCC1)c1ccccc1O[SiH](C)C. The van der Waals surface area contributed by atoms with Crippen LogP contribution in [0.25, 0.3) is 0 Å². The second kappa shape index (κ2) is 6.75. The molecule has 0 radical (unpaired) electrons. The second-order valence-electron chi connectivity index (χ2n) is 5.39. The van der Waals surface area contributed by atoms with Crippen molar-refractivity contribution >= 4 is 15.4 Å². The van der Waals surface area contributed by atoms with E-state index in [9.17, 15) is 0 Å². The molecule has 0 aliphatic carbocycles. The van der Waals surface area contributed by atoms with Gasteiger partial charge in [0.25, 0.3) is 0 Å². The molecule has 0 saturated carbocycles. The average Bonchev–Trinajstić information content (AvgIpc) is 2.89. The minimum atomic E-state index is -1.07. The van der Waals surface area contributed by atoms with Crippen molar-refractivity contribution in [3.05, 3.63) is 29.8 Å². The fraction of sp³-hybridized carbons (Fsp3) is 0.533. The number of aliphatic imine (C=N–C) groups is 1. The Morgan fingerprint density at radius 3 is 2.63 bits per heavy atom. The van der Waals surface area contributed by atoms with E-state index in [4.69, 9.17) is 4.43 Å². The molecule has 1 fully saturated rings. The molecule has 1 aliphatic rings. The summed E-state index contributed by atoms with van der Waals surface area (Å²) < 4.78 is 5.99. The molecule has 1 unspecified atom stereocenters. The molecule has 0 spiro atoms. The Balaban J connectivity index is 2.07. The van der Waals surface area contributed by atoms with Crippen LogP contribution in [-0.4, -0.2) is 33.4 Å². The zero-order chi connectivity index (χ0) is 13.7. The number of nitrogens with zero attached hydrogens (tertiary/aromatic N) is 2. The van der Waals surface area contributed by atoms with Gasteiger partial charge in [-0.15, -0.1) is 0 Å². The van der Waals surface area contributed by atoms with Crippen LogP contribution < -0.4 is 4.43 Å². The molecule has 2 rings (SSSR count). The van der Waals surface area contributed by atoms with E-state index in [1.54, 1.807) is 0 Å². The number of hydrogen-bond donors (Lipinski definition) is 0. The quantitative estimate of drug-likeness (QED) is 0.468. The van der Waals surface area contributed by atoms with Gasteiger partial charge in [0.15, 0.2) is 0 Å². The first kappa shape index (κ1) is 14.1. The van der Waals surface area contributed by atoms with Crippen LogP contribution in [0.3, 0.4) is 0 Å². The van der Waals surface area contributed by atoms with Crippen LogP contribution in [0.2, 0.25) is 13.1 Å². The van der Waals surface area contributed by atoms with E-state index in [0.29, 0.717) is 0 Å². The lowest BCUT2D eigenvalue weighted by Gasteiger charge is -2.17. The lowest BCUT2D eigenvalue weighted by atomic mass is 10.1. The lowest BCUT2D eigenvalue weighted by Crippen LogP contribution is -2.17. The van der Waals surface area contributed by atoms with Gasteiger partial charge in [-0.25, -0.2) is 0 Å². The monoisotopic (exact) mass is 276 g/mol. The predicted molar refractivity (Wildman–Crippen MR) is 83.7 cm³/mol. The third-order valence-electron chi connectivity index (χ3n) is 3.33. The first-order chi connectivity index (χ1) is 9.16. The summed E-state index contributed by atoms with van der Waals surface area (Å²) in [6.07, 6.45) is 4.60. The molecule has 1 aliphatic heterocycles. The van der Waals surface area contributed by atoms with Crippen molar-refractivity contribution in [2.24, 2.45) is 4.99 Å². The molecular formula is C15H24N2OSi. The number of para-hydroxylation sites is 1. The van der Waals surface area contributed by atoms with Gasteiger partial charge < -0.3 is 9.33 Å². The van der Waals surface area contributed by atoms with Crippen molar-refractivity contribution in [1.82, 2.24) is 4.90 Å². The van der Waals surface area contributed by atoms with Gasteiger partial charge in [-0.2, -0.15) is 0 Å². The normalized spacial score (nSPS) is 17.4. The zero-order valence-corrected chi connectivity index (χ0v) is 13.3. The van der Waals surface area contributed by atoms with Crippen LogP contribution in [0.4, 0.5) is 0 Å². The van der Waals surface area contributed by atoms with Gasteiger partial charge >= 0.3 is 0 Å². The Bertz CT molecular complexity index is 428. The van der Waals surface area contributed by atoms with Gasteiger partial charge in [-0.05, 0) is 38.9 Å². The number of hydrogen-bond acceptors (Lipinski definition) is 2.